The molecule has 2 heterocycles. The molecule has 0 amide bonds. The minimum absolute atomic E-state index is 0.0271. The fourth-order valence-corrected chi connectivity index (χ4v) is 2.43. The Hall–Kier alpha value is -1.07. The van der Waals surface area contributed by atoms with Crippen molar-refractivity contribution in [2.75, 3.05) is 6.61 Å². The van der Waals surface area contributed by atoms with Crippen molar-refractivity contribution in [2.24, 2.45) is 5.92 Å². The zero-order valence-corrected chi connectivity index (χ0v) is 12.3. The number of aromatic nitrogens is 1. The number of halogens is 4. The third-order valence-corrected chi connectivity index (χ3v) is 3.86. The summed E-state index contributed by atoms with van der Waals surface area (Å²) in [5, 5.41) is 4.20. The van der Waals surface area contributed by atoms with Crippen molar-refractivity contribution in [3.63, 3.8) is 0 Å². The lowest BCUT2D eigenvalue weighted by molar-refractivity contribution is 0.0796. The molecule has 1 aliphatic heterocycles. The number of rotatable bonds is 5. The van der Waals surface area contributed by atoms with Crippen LogP contribution in [0.3, 0.4) is 0 Å². The summed E-state index contributed by atoms with van der Waals surface area (Å²) in [6.45, 7) is 1.31. The zero-order chi connectivity index (χ0) is 14.7. The van der Waals surface area contributed by atoms with Crippen LogP contribution in [0.15, 0.2) is 23.5 Å². The van der Waals surface area contributed by atoms with E-state index in [4.69, 9.17) is 27.9 Å². The molecule has 7 heteroatoms. The molecule has 0 fully saturated rings. The van der Waals surface area contributed by atoms with Crippen LogP contribution in [0.4, 0.5) is 8.78 Å². The first-order chi connectivity index (χ1) is 9.47. The van der Waals surface area contributed by atoms with Crippen LogP contribution in [0, 0.1) is 5.92 Å². The van der Waals surface area contributed by atoms with Crippen molar-refractivity contribution < 1.29 is 13.5 Å². The first-order valence-electron chi connectivity index (χ1n) is 6.14. The number of pyridine rings is 1. The average Bonchev–Trinajstić information content (AvgIpc) is 2.69. The van der Waals surface area contributed by atoms with Crippen LogP contribution in [0.25, 0.3) is 0 Å². The first-order valence-corrected chi connectivity index (χ1v) is 6.90. The van der Waals surface area contributed by atoms with E-state index in [2.05, 4.69) is 10.3 Å². The average molecular weight is 323 g/mol. The van der Waals surface area contributed by atoms with Crippen LogP contribution in [0.5, 0.6) is 5.88 Å². The normalized spacial score (nSPS) is 21.8. The molecular weight excluding hydrogens is 309 g/mol. The van der Waals surface area contributed by atoms with Gasteiger partial charge in [-0.2, -0.15) is 0 Å². The monoisotopic (exact) mass is 322 g/mol. The zero-order valence-electron chi connectivity index (χ0n) is 10.7. The van der Waals surface area contributed by atoms with E-state index in [1.165, 1.54) is 0 Å². The third kappa shape index (κ3) is 3.73. The minimum atomic E-state index is -2.55. The number of hydrogen-bond donors (Lipinski definition) is 1. The van der Waals surface area contributed by atoms with Crippen molar-refractivity contribution in [1.82, 2.24) is 10.3 Å². The van der Waals surface area contributed by atoms with Crippen molar-refractivity contribution in [3.05, 3.63) is 34.1 Å². The second-order valence-electron chi connectivity index (χ2n) is 4.63. The van der Waals surface area contributed by atoms with E-state index in [1.807, 2.05) is 6.92 Å². The van der Waals surface area contributed by atoms with Gasteiger partial charge in [0, 0.05) is 29.4 Å². The number of nitrogens with zero attached hydrogens (tertiary/aromatic N) is 1. The van der Waals surface area contributed by atoms with E-state index in [-0.39, 0.29) is 22.9 Å². The molecule has 3 nitrogen and oxygen atoms in total. The van der Waals surface area contributed by atoms with E-state index in [1.54, 1.807) is 18.5 Å². The number of ether oxygens (including phenoxy) is 1. The van der Waals surface area contributed by atoms with Gasteiger partial charge in [-0.1, -0.05) is 30.1 Å². The number of nitrogens with one attached hydrogen (secondary N) is 1. The van der Waals surface area contributed by atoms with E-state index in [0.717, 1.165) is 10.6 Å². The molecule has 1 aliphatic rings. The summed E-state index contributed by atoms with van der Waals surface area (Å²) in [5.41, 5.74) is 0.892. The van der Waals surface area contributed by atoms with Crippen LogP contribution in [0.2, 0.25) is 5.02 Å². The van der Waals surface area contributed by atoms with Crippen LogP contribution in [-0.2, 0) is 6.42 Å². The highest BCUT2D eigenvalue weighted by Gasteiger charge is 2.24. The van der Waals surface area contributed by atoms with Crippen molar-refractivity contribution >= 4 is 23.2 Å². The van der Waals surface area contributed by atoms with Crippen molar-refractivity contribution in [3.8, 4) is 5.88 Å². The largest absolute Gasteiger partial charge is 0.471 e. The quantitative estimate of drug-likeness (QED) is 0.899. The maximum Gasteiger partial charge on any atom is 0.272 e. The second kappa shape index (κ2) is 6.59. The Labute approximate surface area is 125 Å². The molecular formula is C13H14Cl2F2N2O. The van der Waals surface area contributed by atoms with E-state index < -0.39 is 13.0 Å². The highest BCUT2D eigenvalue weighted by atomic mass is 35.5. The maximum atomic E-state index is 12.1. The fraction of sp³-hybridized carbons (Fsp3) is 0.462. The van der Waals surface area contributed by atoms with Gasteiger partial charge >= 0.3 is 0 Å². The van der Waals surface area contributed by atoms with Crippen LogP contribution in [-0.4, -0.2) is 24.1 Å². The standard InChI is InChI=1S/C13H14Cl2F2N2O/c1-7-10(15)5-18-11(7)3-8-2-9(14)13(19-4-8)20-6-12(16)17/h2,4-5,7,11-12,18H,3,6H2,1H3. The van der Waals surface area contributed by atoms with Crippen LogP contribution in [0.1, 0.15) is 12.5 Å². The molecule has 1 aromatic rings. The molecule has 0 aromatic carbocycles. The lowest BCUT2D eigenvalue weighted by atomic mass is 9.98. The van der Waals surface area contributed by atoms with Gasteiger partial charge in [-0.25, -0.2) is 13.8 Å². The fourth-order valence-electron chi connectivity index (χ4n) is 1.97. The van der Waals surface area contributed by atoms with E-state index in [0.29, 0.717) is 6.42 Å². The van der Waals surface area contributed by atoms with Crippen molar-refractivity contribution in [2.45, 2.75) is 25.8 Å². The molecule has 1 N–H and O–H groups in total. The first kappa shape index (κ1) is 15.3. The number of hydrogen-bond acceptors (Lipinski definition) is 3. The smallest absolute Gasteiger partial charge is 0.272 e. The number of alkyl halides is 2. The molecule has 2 atom stereocenters. The Bertz CT molecular complexity index is 511. The van der Waals surface area contributed by atoms with Gasteiger partial charge in [0.2, 0.25) is 5.88 Å². The second-order valence-corrected chi connectivity index (χ2v) is 5.47. The molecule has 0 radical (unpaired) electrons. The molecule has 0 saturated carbocycles. The summed E-state index contributed by atoms with van der Waals surface area (Å²) in [6, 6.07) is 1.85. The highest BCUT2D eigenvalue weighted by molar-refractivity contribution is 6.31. The molecule has 0 aliphatic carbocycles. The SMILES string of the molecule is CC1C(Cl)=CNC1Cc1cnc(OCC(F)F)c(Cl)c1. The molecule has 2 unspecified atom stereocenters. The van der Waals surface area contributed by atoms with Gasteiger partial charge in [0.15, 0.2) is 6.61 Å². The lowest BCUT2D eigenvalue weighted by Gasteiger charge is -2.17. The van der Waals surface area contributed by atoms with Crippen molar-refractivity contribution in [1.29, 1.82) is 0 Å². The van der Waals surface area contributed by atoms with Gasteiger partial charge < -0.3 is 10.1 Å². The predicted molar refractivity (Wildman–Crippen MR) is 74.5 cm³/mol. The molecule has 20 heavy (non-hydrogen) atoms. The van der Waals surface area contributed by atoms with Gasteiger partial charge in [-0.05, 0) is 18.1 Å². The topological polar surface area (TPSA) is 34.2 Å². The predicted octanol–water partition coefficient (Wildman–Crippen LogP) is 3.61. The lowest BCUT2D eigenvalue weighted by Crippen LogP contribution is -2.28. The van der Waals surface area contributed by atoms with Gasteiger partial charge in [0.1, 0.15) is 5.02 Å². The maximum absolute atomic E-state index is 12.1. The Morgan fingerprint density at radius 1 is 1.45 bits per heavy atom. The summed E-state index contributed by atoms with van der Waals surface area (Å²) in [6.07, 6.45) is 1.50. The van der Waals surface area contributed by atoms with E-state index >= 15 is 0 Å². The molecule has 2 rings (SSSR count). The summed E-state index contributed by atoms with van der Waals surface area (Å²) < 4.78 is 28.9. The molecule has 1 aromatic heterocycles. The summed E-state index contributed by atoms with van der Waals surface area (Å²) in [4.78, 5) is 3.97. The Morgan fingerprint density at radius 2 is 2.20 bits per heavy atom. The van der Waals surface area contributed by atoms with E-state index in [9.17, 15) is 8.78 Å². The van der Waals surface area contributed by atoms with Crippen LogP contribution < -0.4 is 10.1 Å². The van der Waals surface area contributed by atoms with Gasteiger partial charge in [-0.3, -0.25) is 0 Å². The molecule has 110 valence electrons. The molecule has 0 spiro atoms. The Kier molecular flexibility index (Phi) is 5.05. The van der Waals surface area contributed by atoms with Gasteiger partial charge in [0.05, 0.1) is 0 Å². The minimum Gasteiger partial charge on any atom is -0.471 e. The summed E-state index contributed by atoms with van der Waals surface area (Å²) in [5.74, 6) is 0.240. The molecule has 0 bridgehead atoms. The summed E-state index contributed by atoms with van der Waals surface area (Å²) in [7, 11) is 0. The van der Waals surface area contributed by atoms with Gasteiger partial charge in [-0.15, -0.1) is 0 Å². The third-order valence-electron chi connectivity index (χ3n) is 3.14. The summed E-state index contributed by atoms with van der Waals surface area (Å²) >= 11 is 12.0. The van der Waals surface area contributed by atoms with Gasteiger partial charge in [0.25, 0.3) is 6.43 Å². The van der Waals surface area contributed by atoms with Crippen LogP contribution >= 0.6 is 23.2 Å². The Balaban J connectivity index is 1.99. The highest BCUT2D eigenvalue weighted by Crippen LogP contribution is 2.28. The molecule has 0 saturated heterocycles. The Morgan fingerprint density at radius 3 is 2.75 bits per heavy atom.